The molecular weight excluding hydrogens is 462 g/mol. The van der Waals surface area contributed by atoms with Crippen LogP contribution in [0.2, 0.25) is 0 Å². The Labute approximate surface area is 215 Å². The first-order chi connectivity index (χ1) is 18.3. The van der Waals surface area contributed by atoms with Crippen molar-refractivity contribution in [3.8, 4) is 17.0 Å². The molecule has 7 heteroatoms. The van der Waals surface area contributed by atoms with Crippen molar-refractivity contribution in [1.82, 2.24) is 24.6 Å². The number of carbonyl (C=O) groups excluding carboxylic acids is 1. The number of nitrogens with zero attached hydrogens (tertiary/aromatic N) is 4. The van der Waals surface area contributed by atoms with Crippen LogP contribution < -0.4 is 4.74 Å². The number of aromatic amines is 1. The van der Waals surface area contributed by atoms with Crippen LogP contribution in [0.25, 0.3) is 11.3 Å². The predicted octanol–water partition coefficient (Wildman–Crippen LogP) is 5.49. The van der Waals surface area contributed by atoms with E-state index < -0.39 is 0 Å². The number of imidazole rings is 1. The molecule has 0 radical (unpaired) electrons. The molecule has 37 heavy (non-hydrogen) atoms. The van der Waals surface area contributed by atoms with Gasteiger partial charge in [0.25, 0.3) is 5.91 Å². The maximum absolute atomic E-state index is 13.6. The lowest BCUT2D eigenvalue weighted by Crippen LogP contribution is -2.31. The van der Waals surface area contributed by atoms with Gasteiger partial charge in [-0.05, 0) is 29.7 Å². The van der Waals surface area contributed by atoms with E-state index in [0.29, 0.717) is 18.8 Å². The van der Waals surface area contributed by atoms with Crippen LogP contribution in [-0.4, -0.2) is 37.1 Å². The normalized spacial score (nSPS) is 14.6. The predicted molar refractivity (Wildman–Crippen MR) is 141 cm³/mol. The van der Waals surface area contributed by atoms with Crippen LogP contribution in [0, 0.1) is 0 Å². The number of fused-ring (bicyclic) bond motifs is 1. The molecule has 1 unspecified atom stereocenters. The van der Waals surface area contributed by atoms with Crippen LogP contribution in [0.4, 0.5) is 0 Å². The number of carbonyl (C=O) groups is 1. The zero-order chi connectivity index (χ0) is 25.0. The highest BCUT2D eigenvalue weighted by Crippen LogP contribution is 2.43. The van der Waals surface area contributed by atoms with Gasteiger partial charge in [-0.1, -0.05) is 72.8 Å². The molecule has 0 aliphatic carbocycles. The number of benzene rings is 3. The van der Waals surface area contributed by atoms with Crippen molar-refractivity contribution in [2.45, 2.75) is 25.6 Å². The highest BCUT2D eigenvalue weighted by molar-refractivity contribution is 6.00. The Morgan fingerprint density at radius 3 is 2.38 bits per heavy atom. The summed E-state index contributed by atoms with van der Waals surface area (Å²) in [5, 5.41) is 7.60. The Morgan fingerprint density at radius 1 is 0.892 bits per heavy atom. The molecular formula is C30H27N5O2. The van der Waals surface area contributed by atoms with Gasteiger partial charge in [-0.15, -0.1) is 0 Å². The Kier molecular flexibility index (Phi) is 6.25. The second kappa shape index (κ2) is 10.1. The van der Waals surface area contributed by atoms with Crippen LogP contribution >= 0.6 is 0 Å². The van der Waals surface area contributed by atoms with Crippen molar-refractivity contribution in [3.63, 3.8) is 0 Å². The molecule has 7 nitrogen and oxygen atoms in total. The second-order valence-electron chi connectivity index (χ2n) is 9.13. The molecule has 0 saturated heterocycles. The maximum atomic E-state index is 13.6. The van der Waals surface area contributed by atoms with Crippen LogP contribution in [0.3, 0.4) is 0 Å². The van der Waals surface area contributed by atoms with Gasteiger partial charge in [0.15, 0.2) is 0 Å². The van der Waals surface area contributed by atoms with Gasteiger partial charge in [0.2, 0.25) is 0 Å². The van der Waals surface area contributed by atoms with E-state index in [0.717, 1.165) is 46.7 Å². The molecule has 3 heterocycles. The van der Waals surface area contributed by atoms with E-state index >= 15 is 0 Å². The van der Waals surface area contributed by atoms with E-state index in [1.54, 1.807) is 12.5 Å². The second-order valence-corrected chi connectivity index (χ2v) is 9.13. The van der Waals surface area contributed by atoms with Gasteiger partial charge in [0, 0.05) is 36.6 Å². The Hall–Kier alpha value is -4.65. The smallest absolute Gasteiger partial charge is 0.273 e. The number of ether oxygens (including phenoxy) is 1. The third kappa shape index (κ3) is 4.63. The first-order valence-corrected chi connectivity index (χ1v) is 12.4. The van der Waals surface area contributed by atoms with E-state index in [9.17, 15) is 4.79 Å². The standard InChI is InChI=1S/C30H27N5O2/c36-30-28-26(27(32-33-28)23-10-5-2-6-11-23)29(35(30)18-7-17-34-19-16-31-21-34)24-12-14-25(15-13-24)37-20-22-8-3-1-4-9-22/h1-6,8-16,19,21,29H,7,17-18,20H2,(H,32,33). The van der Waals surface area contributed by atoms with Crippen molar-refractivity contribution in [2.75, 3.05) is 6.54 Å². The van der Waals surface area contributed by atoms with E-state index in [4.69, 9.17) is 4.74 Å². The number of nitrogens with one attached hydrogen (secondary N) is 1. The summed E-state index contributed by atoms with van der Waals surface area (Å²) < 4.78 is 8.04. The van der Waals surface area contributed by atoms with Gasteiger partial charge >= 0.3 is 0 Å². The summed E-state index contributed by atoms with van der Waals surface area (Å²) in [6, 6.07) is 28.0. The third-order valence-electron chi connectivity index (χ3n) is 6.73. The maximum Gasteiger partial charge on any atom is 0.273 e. The molecule has 3 aromatic carbocycles. The third-order valence-corrected chi connectivity index (χ3v) is 6.73. The van der Waals surface area contributed by atoms with Crippen LogP contribution in [0.1, 0.15) is 39.6 Å². The highest BCUT2D eigenvalue weighted by Gasteiger charge is 2.41. The van der Waals surface area contributed by atoms with Crippen molar-refractivity contribution in [2.24, 2.45) is 0 Å². The average Bonchev–Trinajstić information content (AvgIpc) is 3.68. The van der Waals surface area contributed by atoms with Gasteiger partial charge in [0.1, 0.15) is 18.1 Å². The average molecular weight is 490 g/mol. The molecule has 0 fully saturated rings. The molecule has 1 N–H and O–H groups in total. The highest BCUT2D eigenvalue weighted by atomic mass is 16.5. The molecule has 2 aromatic heterocycles. The molecule has 1 atom stereocenters. The van der Waals surface area contributed by atoms with Crippen LogP contribution in [0.5, 0.6) is 5.75 Å². The summed E-state index contributed by atoms with van der Waals surface area (Å²) in [5.41, 5.74) is 5.44. The molecule has 5 aromatic rings. The number of amides is 1. The SMILES string of the molecule is O=C1c2[nH]nc(-c3ccccc3)c2C(c2ccc(OCc3ccccc3)cc2)N1CCCn1ccnc1. The first-order valence-electron chi connectivity index (χ1n) is 12.4. The summed E-state index contributed by atoms with van der Waals surface area (Å²) in [6.45, 7) is 1.91. The lowest BCUT2D eigenvalue weighted by molar-refractivity contribution is 0.0739. The fourth-order valence-corrected chi connectivity index (χ4v) is 4.92. The zero-order valence-corrected chi connectivity index (χ0v) is 20.3. The Morgan fingerprint density at radius 2 is 1.65 bits per heavy atom. The summed E-state index contributed by atoms with van der Waals surface area (Å²) in [7, 11) is 0. The Bertz CT molecular complexity index is 1460. The minimum absolute atomic E-state index is 0.0234. The number of rotatable bonds is 9. The van der Waals surface area contributed by atoms with Crippen LogP contribution in [0.15, 0.2) is 104 Å². The molecule has 1 aliphatic rings. The number of aromatic nitrogens is 4. The quantitative estimate of drug-likeness (QED) is 0.297. The van der Waals surface area contributed by atoms with Gasteiger partial charge in [0.05, 0.1) is 18.1 Å². The summed E-state index contributed by atoms with van der Waals surface area (Å²) in [6.07, 6.45) is 6.33. The number of H-pyrrole nitrogens is 1. The summed E-state index contributed by atoms with van der Waals surface area (Å²) >= 11 is 0. The van der Waals surface area contributed by atoms with E-state index in [1.807, 2.05) is 88.5 Å². The topological polar surface area (TPSA) is 76.0 Å². The van der Waals surface area contributed by atoms with Gasteiger partial charge in [-0.25, -0.2) is 4.98 Å². The number of aryl methyl sites for hydroxylation is 1. The summed E-state index contributed by atoms with van der Waals surface area (Å²) in [4.78, 5) is 19.6. The van der Waals surface area contributed by atoms with Crippen molar-refractivity contribution in [1.29, 1.82) is 0 Å². The van der Waals surface area contributed by atoms with E-state index in [1.165, 1.54) is 0 Å². The van der Waals surface area contributed by atoms with Crippen LogP contribution in [-0.2, 0) is 13.2 Å². The minimum Gasteiger partial charge on any atom is -0.489 e. The van der Waals surface area contributed by atoms with E-state index in [-0.39, 0.29) is 11.9 Å². The first kappa shape index (κ1) is 22.8. The lowest BCUT2D eigenvalue weighted by Gasteiger charge is -2.26. The Balaban J connectivity index is 1.29. The summed E-state index contributed by atoms with van der Waals surface area (Å²) in [5.74, 6) is 0.768. The number of hydrogen-bond acceptors (Lipinski definition) is 4. The lowest BCUT2D eigenvalue weighted by atomic mass is 9.96. The monoisotopic (exact) mass is 489 g/mol. The molecule has 0 spiro atoms. The van der Waals surface area contributed by atoms with Crippen molar-refractivity contribution >= 4 is 5.91 Å². The molecule has 0 saturated carbocycles. The number of hydrogen-bond donors (Lipinski definition) is 1. The van der Waals surface area contributed by atoms with Gasteiger partial charge in [-0.3, -0.25) is 9.89 Å². The van der Waals surface area contributed by atoms with Gasteiger partial charge in [-0.2, -0.15) is 5.10 Å². The largest absolute Gasteiger partial charge is 0.489 e. The fraction of sp³-hybridized carbons (Fsp3) is 0.167. The fourth-order valence-electron chi connectivity index (χ4n) is 4.92. The minimum atomic E-state index is -0.234. The van der Waals surface area contributed by atoms with Crippen molar-refractivity contribution in [3.05, 3.63) is 126 Å². The van der Waals surface area contributed by atoms with Crippen molar-refractivity contribution < 1.29 is 9.53 Å². The van der Waals surface area contributed by atoms with E-state index in [2.05, 4.69) is 27.3 Å². The molecule has 0 bridgehead atoms. The molecule has 184 valence electrons. The molecule has 6 rings (SSSR count). The van der Waals surface area contributed by atoms with Gasteiger partial charge < -0.3 is 14.2 Å². The molecule has 1 aliphatic heterocycles. The molecule has 1 amide bonds. The zero-order valence-electron chi connectivity index (χ0n) is 20.3.